The normalized spacial score (nSPS) is 18.3. The van der Waals surface area contributed by atoms with Gasteiger partial charge in [0.2, 0.25) is 0 Å². The highest BCUT2D eigenvalue weighted by molar-refractivity contribution is 7.91. The first-order valence-electron chi connectivity index (χ1n) is 7.86. The topological polar surface area (TPSA) is 107 Å². The Morgan fingerprint density at radius 3 is 2.69 bits per heavy atom. The molecule has 2 amide bonds. The molecule has 0 aliphatic carbocycles. The Morgan fingerprint density at radius 1 is 1.27 bits per heavy atom. The number of anilines is 1. The summed E-state index contributed by atoms with van der Waals surface area (Å²) >= 11 is 1.28. The molecule has 2 heterocycles. The van der Waals surface area contributed by atoms with Gasteiger partial charge in [-0.2, -0.15) is 0 Å². The monoisotopic (exact) mass is 397 g/mol. The minimum Gasteiger partial charge on any atom is -0.493 e. The van der Waals surface area contributed by atoms with E-state index in [4.69, 9.17) is 9.47 Å². The molecule has 140 valence electrons. The Bertz CT molecular complexity index is 910. The fourth-order valence-corrected chi connectivity index (χ4v) is 5.07. The standard InChI is InChI=1S/C16H19N3O5S2/c1-23-13-4-3-10(7-14(13)24-2)12-8-25-16(18-12)19-15(20)17-11-5-6-26(21,22)9-11/h3-4,7-8,11H,5-6,9H2,1-2H3,(H2,17,18,19,20)/t11-/m0/s1. The lowest BCUT2D eigenvalue weighted by molar-refractivity contribution is 0.249. The quantitative estimate of drug-likeness (QED) is 0.801. The highest BCUT2D eigenvalue weighted by Gasteiger charge is 2.29. The van der Waals surface area contributed by atoms with Crippen molar-refractivity contribution in [3.05, 3.63) is 23.6 Å². The molecule has 26 heavy (non-hydrogen) atoms. The average Bonchev–Trinajstić information content (AvgIpc) is 3.20. The van der Waals surface area contributed by atoms with Gasteiger partial charge in [0.1, 0.15) is 0 Å². The van der Waals surface area contributed by atoms with Crippen molar-refractivity contribution in [2.45, 2.75) is 12.5 Å². The van der Waals surface area contributed by atoms with E-state index in [1.165, 1.54) is 11.3 Å². The van der Waals surface area contributed by atoms with Crippen LogP contribution in [0.3, 0.4) is 0 Å². The summed E-state index contributed by atoms with van der Waals surface area (Å²) in [6.07, 6.45) is 0.435. The van der Waals surface area contributed by atoms with E-state index in [0.717, 1.165) is 5.56 Å². The molecule has 1 aromatic heterocycles. The second kappa shape index (κ2) is 7.50. The smallest absolute Gasteiger partial charge is 0.321 e. The Morgan fingerprint density at radius 2 is 2.04 bits per heavy atom. The Hall–Kier alpha value is -2.33. The number of nitrogens with one attached hydrogen (secondary N) is 2. The van der Waals surface area contributed by atoms with Gasteiger partial charge in [-0.25, -0.2) is 18.2 Å². The van der Waals surface area contributed by atoms with Gasteiger partial charge in [0.25, 0.3) is 0 Å². The Balaban J connectivity index is 1.65. The molecule has 8 nitrogen and oxygen atoms in total. The molecule has 0 bridgehead atoms. The molecule has 0 unspecified atom stereocenters. The van der Waals surface area contributed by atoms with Crippen LogP contribution >= 0.6 is 11.3 Å². The molecule has 1 aliphatic rings. The van der Waals surface area contributed by atoms with E-state index >= 15 is 0 Å². The second-order valence-electron chi connectivity index (χ2n) is 5.81. The Kier molecular flexibility index (Phi) is 5.33. The molecule has 2 N–H and O–H groups in total. The maximum Gasteiger partial charge on any atom is 0.321 e. The third-order valence-electron chi connectivity index (χ3n) is 3.97. The lowest BCUT2D eigenvalue weighted by atomic mass is 10.1. The maximum atomic E-state index is 12.0. The Labute approximate surface area is 155 Å². The van der Waals surface area contributed by atoms with Crippen LogP contribution in [0.25, 0.3) is 11.3 Å². The van der Waals surface area contributed by atoms with Crippen LogP contribution in [-0.4, -0.2) is 51.2 Å². The number of hydrogen-bond donors (Lipinski definition) is 2. The zero-order valence-electron chi connectivity index (χ0n) is 14.3. The molecular weight excluding hydrogens is 378 g/mol. The highest BCUT2D eigenvalue weighted by Crippen LogP contribution is 2.33. The van der Waals surface area contributed by atoms with Gasteiger partial charge in [0, 0.05) is 17.0 Å². The number of methoxy groups -OCH3 is 2. The molecule has 1 aliphatic heterocycles. The van der Waals surface area contributed by atoms with Gasteiger partial charge in [-0.05, 0) is 24.6 Å². The van der Waals surface area contributed by atoms with Gasteiger partial charge in [0.15, 0.2) is 26.5 Å². The van der Waals surface area contributed by atoms with Crippen molar-refractivity contribution in [1.82, 2.24) is 10.3 Å². The molecule has 1 atom stereocenters. The predicted octanol–water partition coefficient (Wildman–Crippen LogP) is 2.14. The van der Waals surface area contributed by atoms with Gasteiger partial charge in [0.05, 0.1) is 31.4 Å². The fourth-order valence-electron chi connectivity index (χ4n) is 2.69. The first kappa shape index (κ1) is 18.5. The van der Waals surface area contributed by atoms with Crippen molar-refractivity contribution >= 4 is 32.3 Å². The summed E-state index contributed by atoms with van der Waals surface area (Å²) in [6, 6.07) is 4.63. The van der Waals surface area contributed by atoms with E-state index in [-0.39, 0.29) is 17.5 Å². The lowest BCUT2D eigenvalue weighted by Crippen LogP contribution is -2.38. The summed E-state index contributed by atoms with van der Waals surface area (Å²) in [5.41, 5.74) is 1.52. The van der Waals surface area contributed by atoms with Crippen molar-refractivity contribution in [2.75, 3.05) is 31.0 Å². The number of carbonyl (C=O) groups is 1. The number of sulfone groups is 1. The van der Waals surface area contributed by atoms with Crippen LogP contribution in [0.5, 0.6) is 11.5 Å². The van der Waals surface area contributed by atoms with Crippen LogP contribution in [0.4, 0.5) is 9.93 Å². The first-order chi connectivity index (χ1) is 12.4. The van der Waals surface area contributed by atoms with Crippen molar-refractivity contribution in [3.8, 4) is 22.8 Å². The zero-order chi connectivity index (χ0) is 18.7. The van der Waals surface area contributed by atoms with E-state index in [9.17, 15) is 13.2 Å². The molecule has 3 rings (SSSR count). The van der Waals surface area contributed by atoms with Crippen LogP contribution in [-0.2, 0) is 9.84 Å². The number of urea groups is 1. The minimum atomic E-state index is -3.04. The number of rotatable bonds is 5. The number of ether oxygens (including phenoxy) is 2. The summed E-state index contributed by atoms with van der Waals surface area (Å²) in [5, 5.41) is 7.55. The maximum absolute atomic E-state index is 12.0. The molecule has 2 aromatic rings. The van der Waals surface area contributed by atoms with E-state index in [0.29, 0.717) is 28.7 Å². The van der Waals surface area contributed by atoms with Gasteiger partial charge in [-0.1, -0.05) is 0 Å². The summed E-state index contributed by atoms with van der Waals surface area (Å²) in [5.74, 6) is 1.30. The van der Waals surface area contributed by atoms with Crippen LogP contribution in [0.1, 0.15) is 6.42 Å². The average molecular weight is 397 g/mol. The number of nitrogens with zero attached hydrogens (tertiary/aromatic N) is 1. The lowest BCUT2D eigenvalue weighted by Gasteiger charge is -2.10. The van der Waals surface area contributed by atoms with E-state index in [1.807, 2.05) is 11.4 Å². The molecule has 1 fully saturated rings. The molecule has 0 radical (unpaired) electrons. The molecule has 1 saturated heterocycles. The van der Waals surface area contributed by atoms with Gasteiger partial charge < -0.3 is 14.8 Å². The number of aromatic nitrogens is 1. The first-order valence-corrected chi connectivity index (χ1v) is 10.6. The number of benzene rings is 1. The predicted molar refractivity (Wildman–Crippen MR) is 99.9 cm³/mol. The second-order valence-corrected chi connectivity index (χ2v) is 8.89. The molecule has 0 spiro atoms. The van der Waals surface area contributed by atoms with Crippen molar-refractivity contribution in [1.29, 1.82) is 0 Å². The van der Waals surface area contributed by atoms with Crippen LogP contribution in [0.2, 0.25) is 0 Å². The third-order valence-corrected chi connectivity index (χ3v) is 6.50. The van der Waals surface area contributed by atoms with E-state index in [1.54, 1.807) is 26.4 Å². The van der Waals surface area contributed by atoms with Crippen molar-refractivity contribution in [3.63, 3.8) is 0 Å². The SMILES string of the molecule is COc1ccc(-c2csc(NC(=O)N[C@H]3CCS(=O)(=O)C3)n2)cc1OC. The van der Waals surface area contributed by atoms with Crippen LogP contribution in [0, 0.1) is 0 Å². The number of hydrogen-bond acceptors (Lipinski definition) is 7. The summed E-state index contributed by atoms with van der Waals surface area (Å²) in [6.45, 7) is 0. The summed E-state index contributed by atoms with van der Waals surface area (Å²) < 4.78 is 33.4. The fraction of sp³-hybridized carbons (Fsp3) is 0.375. The number of amides is 2. The zero-order valence-corrected chi connectivity index (χ0v) is 15.9. The van der Waals surface area contributed by atoms with Gasteiger partial charge in [-0.15, -0.1) is 11.3 Å². The van der Waals surface area contributed by atoms with Gasteiger partial charge in [-0.3, -0.25) is 5.32 Å². The summed E-state index contributed by atoms with van der Waals surface area (Å²) in [4.78, 5) is 16.4. The summed E-state index contributed by atoms with van der Waals surface area (Å²) in [7, 11) is 0.0889. The molecular formula is C16H19N3O5S2. The van der Waals surface area contributed by atoms with Crippen molar-refractivity contribution in [2.24, 2.45) is 0 Å². The molecule has 0 saturated carbocycles. The largest absolute Gasteiger partial charge is 0.493 e. The van der Waals surface area contributed by atoms with Crippen molar-refractivity contribution < 1.29 is 22.7 Å². The minimum absolute atomic E-state index is 0.0187. The van der Waals surface area contributed by atoms with E-state index < -0.39 is 15.9 Å². The molecule has 10 heteroatoms. The third kappa shape index (κ3) is 4.25. The molecule has 1 aromatic carbocycles. The number of thiazole rings is 1. The number of carbonyl (C=O) groups excluding carboxylic acids is 1. The van der Waals surface area contributed by atoms with Crippen LogP contribution in [0.15, 0.2) is 23.6 Å². The van der Waals surface area contributed by atoms with Crippen LogP contribution < -0.4 is 20.1 Å². The van der Waals surface area contributed by atoms with E-state index in [2.05, 4.69) is 15.6 Å². The highest BCUT2D eigenvalue weighted by atomic mass is 32.2. The van der Waals surface area contributed by atoms with Gasteiger partial charge >= 0.3 is 6.03 Å².